The first-order valence-electron chi connectivity index (χ1n) is 16.2. The van der Waals surface area contributed by atoms with Gasteiger partial charge < -0.3 is 4.74 Å². The molecule has 47 heavy (non-hydrogen) atoms. The van der Waals surface area contributed by atoms with Gasteiger partial charge in [-0.25, -0.2) is 0 Å². The van der Waals surface area contributed by atoms with Gasteiger partial charge in [-0.2, -0.15) is 0 Å². The first-order chi connectivity index (χ1) is 23.3. The number of hydrogen-bond acceptors (Lipinski definition) is 1. The van der Waals surface area contributed by atoms with Crippen molar-refractivity contribution < 1.29 is 4.74 Å². The maximum Gasteiger partial charge on any atom is 0.135 e. The van der Waals surface area contributed by atoms with Crippen molar-refractivity contribution in [3.63, 3.8) is 0 Å². The van der Waals surface area contributed by atoms with Crippen molar-refractivity contribution in [1.82, 2.24) is 0 Å². The number of para-hydroxylation sites is 1. The van der Waals surface area contributed by atoms with Crippen LogP contribution in [-0.4, -0.2) is 0 Å². The molecule has 218 valence electrons. The first kappa shape index (κ1) is 26.1. The molecule has 0 bridgehead atoms. The van der Waals surface area contributed by atoms with Crippen molar-refractivity contribution in [1.29, 1.82) is 0 Å². The minimum atomic E-state index is 0.907. The van der Waals surface area contributed by atoms with Gasteiger partial charge >= 0.3 is 0 Å². The largest absolute Gasteiger partial charge is 0.456 e. The van der Waals surface area contributed by atoms with Gasteiger partial charge in [0, 0.05) is 10.9 Å². The van der Waals surface area contributed by atoms with E-state index < -0.39 is 0 Å². The molecule has 0 amide bonds. The average Bonchev–Trinajstić information content (AvgIpc) is 3.14. The van der Waals surface area contributed by atoms with Crippen molar-refractivity contribution in [2.45, 2.75) is 0 Å². The molecule has 9 aromatic carbocycles. The smallest absolute Gasteiger partial charge is 0.135 e. The Morgan fingerprint density at radius 3 is 1.66 bits per heavy atom. The number of benzene rings is 9. The Labute approximate surface area is 272 Å². The molecule has 0 unspecified atom stereocenters. The summed E-state index contributed by atoms with van der Waals surface area (Å²) in [5, 5.41) is 9.91. The predicted molar refractivity (Wildman–Crippen MR) is 198 cm³/mol. The lowest BCUT2D eigenvalue weighted by Gasteiger charge is -2.24. The average molecular weight is 597 g/mol. The molecule has 1 heteroatoms. The van der Waals surface area contributed by atoms with E-state index in [1.807, 2.05) is 6.07 Å². The summed E-state index contributed by atoms with van der Waals surface area (Å²) in [4.78, 5) is 0. The van der Waals surface area contributed by atoms with Gasteiger partial charge in [-0.3, -0.25) is 0 Å². The normalized spacial score (nSPS) is 12.0. The molecule has 0 aliphatic carbocycles. The first-order valence-corrected chi connectivity index (χ1v) is 16.2. The molecule has 0 aromatic heterocycles. The second-order valence-corrected chi connectivity index (χ2v) is 12.4. The van der Waals surface area contributed by atoms with Crippen molar-refractivity contribution >= 4 is 43.1 Å². The fourth-order valence-electron chi connectivity index (χ4n) is 7.90. The highest BCUT2D eigenvalue weighted by atomic mass is 16.5. The zero-order chi connectivity index (χ0) is 30.9. The molecule has 0 atom stereocenters. The van der Waals surface area contributed by atoms with E-state index in [2.05, 4.69) is 164 Å². The number of ether oxygens (including phenoxy) is 1. The summed E-state index contributed by atoms with van der Waals surface area (Å²) in [6.07, 6.45) is 0. The Hall–Kier alpha value is -6.18. The van der Waals surface area contributed by atoms with Crippen molar-refractivity contribution in [3.05, 3.63) is 170 Å². The summed E-state index contributed by atoms with van der Waals surface area (Å²) in [5.74, 6) is 1.81. The Kier molecular flexibility index (Phi) is 5.64. The summed E-state index contributed by atoms with van der Waals surface area (Å²) in [6, 6.07) is 61.5. The lowest BCUT2D eigenvalue weighted by molar-refractivity contribution is 0.487. The zero-order valence-electron chi connectivity index (χ0n) is 25.6. The monoisotopic (exact) mass is 596 g/mol. The van der Waals surface area contributed by atoms with Crippen LogP contribution >= 0.6 is 0 Å². The lowest BCUT2D eigenvalue weighted by Crippen LogP contribution is -1.98. The van der Waals surface area contributed by atoms with E-state index >= 15 is 0 Å². The van der Waals surface area contributed by atoms with Gasteiger partial charge in [0.15, 0.2) is 0 Å². The van der Waals surface area contributed by atoms with Crippen LogP contribution in [0.4, 0.5) is 0 Å². The minimum absolute atomic E-state index is 0.907. The summed E-state index contributed by atoms with van der Waals surface area (Å²) >= 11 is 0. The molecule has 1 aliphatic heterocycles. The van der Waals surface area contributed by atoms with Gasteiger partial charge in [-0.15, -0.1) is 0 Å². The highest BCUT2D eigenvalue weighted by Gasteiger charge is 2.24. The molecule has 0 fully saturated rings. The Balaban J connectivity index is 1.39. The summed E-state index contributed by atoms with van der Waals surface area (Å²) in [6.45, 7) is 0. The van der Waals surface area contributed by atoms with Crippen molar-refractivity contribution in [3.8, 4) is 56.0 Å². The van der Waals surface area contributed by atoms with Crippen LogP contribution in [0, 0.1) is 0 Å². The summed E-state index contributed by atoms with van der Waals surface area (Å²) in [5.41, 5.74) is 9.79. The molecule has 0 saturated carbocycles. The van der Waals surface area contributed by atoms with Crippen LogP contribution in [-0.2, 0) is 0 Å². The molecule has 0 N–H and O–H groups in total. The van der Waals surface area contributed by atoms with Gasteiger partial charge in [-0.1, -0.05) is 158 Å². The predicted octanol–water partition coefficient (Wildman–Crippen LogP) is 13.1. The van der Waals surface area contributed by atoms with E-state index in [0.29, 0.717) is 0 Å². The van der Waals surface area contributed by atoms with Crippen LogP contribution in [0.15, 0.2) is 170 Å². The minimum Gasteiger partial charge on any atom is -0.456 e. The second kappa shape index (κ2) is 10.2. The van der Waals surface area contributed by atoms with Gasteiger partial charge in [0.25, 0.3) is 0 Å². The van der Waals surface area contributed by atoms with Gasteiger partial charge in [0.2, 0.25) is 0 Å². The summed E-state index contributed by atoms with van der Waals surface area (Å²) in [7, 11) is 0. The van der Waals surface area contributed by atoms with Crippen LogP contribution in [0.2, 0.25) is 0 Å². The molecule has 1 heterocycles. The maximum absolute atomic E-state index is 6.51. The van der Waals surface area contributed by atoms with Crippen molar-refractivity contribution in [2.75, 3.05) is 0 Å². The quantitative estimate of drug-likeness (QED) is 0.146. The Bertz CT molecular complexity index is 2690. The topological polar surface area (TPSA) is 9.23 Å². The molecule has 1 aliphatic rings. The molecular weight excluding hydrogens is 569 g/mol. The Morgan fingerprint density at radius 1 is 0.255 bits per heavy atom. The van der Waals surface area contributed by atoms with Crippen LogP contribution in [0.3, 0.4) is 0 Å². The van der Waals surface area contributed by atoms with Gasteiger partial charge in [-0.05, 0) is 88.8 Å². The van der Waals surface area contributed by atoms with E-state index in [-0.39, 0.29) is 0 Å². The fraction of sp³-hybridized carbons (Fsp3) is 0. The molecule has 10 rings (SSSR count). The standard InChI is InChI=1S/C46H28O/c1-3-13-29(14-4-1)31-20-11-21-34-32(31)25-28-40-44(36-19-8-7-18-35(36)43(46(34)40)30-15-5-2-6-16-30)39-27-26-38-33-17-9-10-23-41(33)47-42-24-12-22-37(39)45(38)42/h1-28H. The number of hydrogen-bond donors (Lipinski definition) is 0. The molecule has 0 radical (unpaired) electrons. The van der Waals surface area contributed by atoms with E-state index in [1.165, 1.54) is 82.0 Å². The third-order valence-corrected chi connectivity index (χ3v) is 9.86. The second-order valence-electron chi connectivity index (χ2n) is 12.4. The summed E-state index contributed by atoms with van der Waals surface area (Å²) < 4.78 is 6.51. The van der Waals surface area contributed by atoms with Crippen LogP contribution in [0.1, 0.15) is 0 Å². The molecule has 1 nitrogen and oxygen atoms in total. The van der Waals surface area contributed by atoms with Crippen LogP contribution in [0.25, 0.3) is 87.6 Å². The van der Waals surface area contributed by atoms with Gasteiger partial charge in [0.1, 0.15) is 11.5 Å². The SMILES string of the molecule is c1ccc(-c2cccc3c2ccc2c(-c4ccc5c6c(cccc46)Oc4ccccc4-5)c4ccccc4c(-c4ccccc4)c23)cc1. The number of rotatable bonds is 3. The van der Waals surface area contributed by atoms with E-state index in [1.54, 1.807) is 0 Å². The van der Waals surface area contributed by atoms with Gasteiger partial charge in [0.05, 0.1) is 0 Å². The lowest BCUT2D eigenvalue weighted by atomic mass is 9.81. The van der Waals surface area contributed by atoms with E-state index in [4.69, 9.17) is 4.74 Å². The van der Waals surface area contributed by atoms with E-state index in [9.17, 15) is 0 Å². The highest BCUT2D eigenvalue weighted by Crippen LogP contribution is 2.52. The third kappa shape index (κ3) is 3.84. The molecule has 0 saturated heterocycles. The zero-order valence-corrected chi connectivity index (χ0v) is 25.6. The van der Waals surface area contributed by atoms with Crippen LogP contribution in [0.5, 0.6) is 11.5 Å². The van der Waals surface area contributed by atoms with E-state index in [0.717, 1.165) is 17.1 Å². The molecular formula is C46H28O. The highest BCUT2D eigenvalue weighted by molar-refractivity contribution is 6.30. The van der Waals surface area contributed by atoms with Crippen LogP contribution < -0.4 is 4.74 Å². The molecule has 9 aromatic rings. The maximum atomic E-state index is 6.51. The Morgan fingerprint density at radius 2 is 0.830 bits per heavy atom. The van der Waals surface area contributed by atoms with Crippen molar-refractivity contribution in [2.24, 2.45) is 0 Å². The molecule has 0 spiro atoms. The third-order valence-electron chi connectivity index (χ3n) is 9.86. The number of fused-ring (bicyclic) bond motifs is 6. The fourth-order valence-corrected chi connectivity index (χ4v) is 7.90.